The van der Waals surface area contributed by atoms with Gasteiger partial charge in [-0.25, -0.2) is 4.98 Å². The minimum atomic E-state index is -0.317. The number of rotatable bonds is 4. The quantitative estimate of drug-likeness (QED) is 0.591. The van der Waals surface area contributed by atoms with E-state index in [1.807, 2.05) is 6.92 Å². The van der Waals surface area contributed by atoms with E-state index in [0.29, 0.717) is 6.54 Å². The normalized spacial score (nSPS) is 12.5. The number of hydrogen-bond acceptors (Lipinski definition) is 3. The molecule has 0 aromatic carbocycles. The average molecular weight is 182 g/mol. The third-order valence-corrected chi connectivity index (χ3v) is 1.80. The zero-order chi connectivity index (χ0) is 9.68. The van der Waals surface area contributed by atoms with Gasteiger partial charge in [0.2, 0.25) is 5.91 Å². The summed E-state index contributed by atoms with van der Waals surface area (Å²) in [7, 11) is 0. The van der Waals surface area contributed by atoms with Crippen molar-refractivity contribution in [3.63, 3.8) is 0 Å². The van der Waals surface area contributed by atoms with Crippen LogP contribution in [0, 0.1) is 0 Å². The molecule has 13 heavy (non-hydrogen) atoms. The first-order chi connectivity index (χ1) is 6.29. The molecule has 1 aromatic heterocycles. The van der Waals surface area contributed by atoms with Crippen molar-refractivity contribution in [1.82, 2.24) is 15.3 Å². The Labute approximate surface area is 76.7 Å². The zero-order valence-electron chi connectivity index (χ0n) is 7.58. The van der Waals surface area contributed by atoms with Gasteiger partial charge in [0.1, 0.15) is 0 Å². The molecule has 5 nitrogen and oxygen atoms in total. The van der Waals surface area contributed by atoms with E-state index in [1.165, 1.54) is 6.33 Å². The molecule has 4 N–H and O–H groups in total. The minimum Gasteiger partial charge on any atom is -0.356 e. The lowest BCUT2D eigenvalue weighted by molar-refractivity contribution is -0.122. The highest BCUT2D eigenvalue weighted by Crippen LogP contribution is 2.09. The van der Waals surface area contributed by atoms with E-state index in [2.05, 4.69) is 15.3 Å². The van der Waals surface area contributed by atoms with Gasteiger partial charge in [-0.1, -0.05) is 0 Å². The molecule has 1 unspecified atom stereocenters. The van der Waals surface area contributed by atoms with E-state index < -0.39 is 0 Å². The standard InChI is InChI=1S/C8H14N4O/c1-2-11-8(13)6(3-9)7-4-10-5-12-7/h4-6H,2-3,9H2,1H3,(H,10,12)(H,11,13). The third-order valence-electron chi connectivity index (χ3n) is 1.80. The molecule has 5 heteroatoms. The molecule has 0 bridgehead atoms. The second kappa shape index (κ2) is 4.61. The Kier molecular flexibility index (Phi) is 3.45. The van der Waals surface area contributed by atoms with Crippen LogP contribution >= 0.6 is 0 Å². The summed E-state index contributed by atoms with van der Waals surface area (Å²) in [4.78, 5) is 18.2. The van der Waals surface area contributed by atoms with Crippen molar-refractivity contribution in [2.45, 2.75) is 12.8 Å². The summed E-state index contributed by atoms with van der Waals surface area (Å²) in [5.41, 5.74) is 6.24. The molecular weight excluding hydrogens is 168 g/mol. The minimum absolute atomic E-state index is 0.0609. The monoisotopic (exact) mass is 182 g/mol. The Morgan fingerprint density at radius 1 is 1.85 bits per heavy atom. The van der Waals surface area contributed by atoms with E-state index in [1.54, 1.807) is 6.20 Å². The Balaban J connectivity index is 2.68. The number of aromatic nitrogens is 2. The van der Waals surface area contributed by atoms with Gasteiger partial charge < -0.3 is 16.0 Å². The highest BCUT2D eigenvalue weighted by Gasteiger charge is 2.18. The van der Waals surface area contributed by atoms with Crippen molar-refractivity contribution in [3.8, 4) is 0 Å². The summed E-state index contributed by atoms with van der Waals surface area (Å²) in [6.07, 6.45) is 3.16. The van der Waals surface area contributed by atoms with Crippen molar-refractivity contribution >= 4 is 5.91 Å². The summed E-state index contributed by atoms with van der Waals surface area (Å²) >= 11 is 0. The molecule has 0 saturated heterocycles. The molecule has 1 rings (SSSR count). The number of carbonyl (C=O) groups is 1. The highest BCUT2D eigenvalue weighted by molar-refractivity contribution is 5.83. The fraction of sp³-hybridized carbons (Fsp3) is 0.500. The molecule has 0 aliphatic rings. The van der Waals surface area contributed by atoms with Gasteiger partial charge >= 0.3 is 0 Å². The number of nitrogens with one attached hydrogen (secondary N) is 2. The van der Waals surface area contributed by atoms with E-state index >= 15 is 0 Å². The van der Waals surface area contributed by atoms with E-state index in [-0.39, 0.29) is 18.4 Å². The first-order valence-corrected chi connectivity index (χ1v) is 4.25. The van der Waals surface area contributed by atoms with Crippen LogP contribution in [0.1, 0.15) is 18.5 Å². The largest absolute Gasteiger partial charge is 0.356 e. The van der Waals surface area contributed by atoms with Gasteiger partial charge in [-0.15, -0.1) is 0 Å². The molecule has 1 aromatic rings. The van der Waals surface area contributed by atoms with E-state index in [0.717, 1.165) is 5.69 Å². The molecule has 1 amide bonds. The number of H-pyrrole nitrogens is 1. The van der Waals surface area contributed by atoms with Crippen molar-refractivity contribution < 1.29 is 4.79 Å². The van der Waals surface area contributed by atoms with Crippen molar-refractivity contribution in [2.24, 2.45) is 5.73 Å². The number of amides is 1. The molecule has 0 radical (unpaired) electrons. The highest BCUT2D eigenvalue weighted by atomic mass is 16.1. The van der Waals surface area contributed by atoms with Crippen LogP contribution < -0.4 is 11.1 Å². The van der Waals surface area contributed by atoms with Crippen molar-refractivity contribution in [3.05, 3.63) is 18.2 Å². The van der Waals surface area contributed by atoms with Crippen LogP contribution in [0.3, 0.4) is 0 Å². The van der Waals surface area contributed by atoms with Crippen LogP contribution in [0.2, 0.25) is 0 Å². The maximum Gasteiger partial charge on any atom is 0.230 e. The Hall–Kier alpha value is -1.36. The number of hydrogen-bond donors (Lipinski definition) is 3. The lowest BCUT2D eigenvalue weighted by Crippen LogP contribution is -2.33. The molecule has 0 spiro atoms. The van der Waals surface area contributed by atoms with Gasteiger partial charge in [-0.05, 0) is 6.92 Å². The fourth-order valence-corrected chi connectivity index (χ4v) is 1.13. The van der Waals surface area contributed by atoms with Crippen LogP contribution in [0.4, 0.5) is 0 Å². The van der Waals surface area contributed by atoms with Gasteiger partial charge in [0, 0.05) is 25.0 Å². The Morgan fingerprint density at radius 2 is 2.62 bits per heavy atom. The van der Waals surface area contributed by atoms with E-state index in [9.17, 15) is 4.79 Å². The predicted octanol–water partition coefficient (Wildman–Crippen LogP) is -0.412. The number of aromatic amines is 1. The number of imidazole rings is 1. The Bertz CT molecular complexity index is 257. The summed E-state index contributed by atoms with van der Waals surface area (Å²) in [5, 5.41) is 2.72. The van der Waals surface area contributed by atoms with Crippen LogP contribution in [0.25, 0.3) is 0 Å². The molecule has 72 valence electrons. The number of likely N-dealkylation sites (N-methyl/N-ethyl adjacent to an activating group) is 1. The van der Waals surface area contributed by atoms with Crippen molar-refractivity contribution in [1.29, 1.82) is 0 Å². The first kappa shape index (κ1) is 9.73. The van der Waals surface area contributed by atoms with Crippen LogP contribution in [-0.2, 0) is 4.79 Å². The SMILES string of the molecule is CCNC(=O)C(CN)c1cnc[nH]1. The van der Waals surface area contributed by atoms with Crippen molar-refractivity contribution in [2.75, 3.05) is 13.1 Å². The molecule has 0 saturated carbocycles. The Morgan fingerprint density at radius 3 is 3.08 bits per heavy atom. The van der Waals surface area contributed by atoms with Crippen LogP contribution in [0.15, 0.2) is 12.5 Å². The molecule has 0 aliphatic carbocycles. The first-order valence-electron chi connectivity index (χ1n) is 4.25. The summed E-state index contributed by atoms with van der Waals surface area (Å²) in [6.45, 7) is 2.77. The van der Waals surface area contributed by atoms with Crippen LogP contribution in [0.5, 0.6) is 0 Å². The maximum atomic E-state index is 11.4. The van der Waals surface area contributed by atoms with Gasteiger partial charge in [0.05, 0.1) is 12.2 Å². The lowest BCUT2D eigenvalue weighted by atomic mass is 10.1. The summed E-state index contributed by atoms with van der Waals surface area (Å²) < 4.78 is 0. The molecule has 0 aliphatic heterocycles. The molecule has 0 fully saturated rings. The number of nitrogens with zero attached hydrogens (tertiary/aromatic N) is 1. The topological polar surface area (TPSA) is 83.8 Å². The second-order valence-electron chi connectivity index (χ2n) is 2.69. The summed E-state index contributed by atoms with van der Waals surface area (Å²) in [6, 6.07) is 0. The zero-order valence-corrected chi connectivity index (χ0v) is 7.58. The van der Waals surface area contributed by atoms with Gasteiger partial charge in [-0.3, -0.25) is 4.79 Å². The molecular formula is C8H14N4O. The van der Waals surface area contributed by atoms with Gasteiger partial charge in [0.15, 0.2) is 0 Å². The smallest absolute Gasteiger partial charge is 0.230 e. The average Bonchev–Trinajstić information content (AvgIpc) is 2.59. The predicted molar refractivity (Wildman–Crippen MR) is 49.1 cm³/mol. The maximum absolute atomic E-state index is 11.4. The molecule has 1 heterocycles. The van der Waals surface area contributed by atoms with Gasteiger partial charge in [-0.2, -0.15) is 0 Å². The van der Waals surface area contributed by atoms with Crippen LogP contribution in [-0.4, -0.2) is 29.0 Å². The van der Waals surface area contributed by atoms with Gasteiger partial charge in [0.25, 0.3) is 0 Å². The fourth-order valence-electron chi connectivity index (χ4n) is 1.13. The number of carbonyl (C=O) groups excluding carboxylic acids is 1. The number of nitrogens with two attached hydrogens (primary N) is 1. The molecule has 1 atom stereocenters. The third kappa shape index (κ3) is 2.29. The lowest BCUT2D eigenvalue weighted by Gasteiger charge is -2.11. The summed E-state index contributed by atoms with van der Waals surface area (Å²) in [5.74, 6) is -0.378. The second-order valence-corrected chi connectivity index (χ2v) is 2.69. The van der Waals surface area contributed by atoms with E-state index in [4.69, 9.17) is 5.73 Å².